The van der Waals surface area contributed by atoms with Gasteiger partial charge in [0.05, 0.1) is 0 Å². The Kier molecular flexibility index (Phi) is 4.74. The van der Waals surface area contributed by atoms with E-state index in [9.17, 15) is 0 Å². The van der Waals surface area contributed by atoms with Crippen LogP contribution in [0, 0.1) is 6.92 Å². The number of rotatable bonds is 5. The van der Waals surface area contributed by atoms with Gasteiger partial charge in [0.1, 0.15) is 17.2 Å². The molecule has 0 saturated heterocycles. The van der Waals surface area contributed by atoms with Gasteiger partial charge in [0, 0.05) is 47.4 Å². The predicted molar refractivity (Wildman–Crippen MR) is 148 cm³/mol. The van der Waals surface area contributed by atoms with Crippen LogP contribution in [0.1, 0.15) is 29.8 Å². The highest BCUT2D eigenvalue weighted by Gasteiger charge is 2.27. The van der Waals surface area contributed by atoms with Crippen molar-refractivity contribution in [1.29, 1.82) is 0 Å². The number of nitrogens with zero attached hydrogens (tertiary/aromatic N) is 3. The second-order valence-corrected chi connectivity index (χ2v) is 9.88. The summed E-state index contributed by atoms with van der Waals surface area (Å²) in [6.45, 7) is 5.31. The van der Waals surface area contributed by atoms with Gasteiger partial charge in [-0.3, -0.25) is 4.40 Å². The molecule has 0 aliphatic carbocycles. The molecule has 1 aliphatic rings. The molecule has 1 atom stereocenters. The Morgan fingerprint density at radius 2 is 1.61 bits per heavy atom. The molecule has 1 N–H and O–H groups in total. The lowest BCUT2D eigenvalue weighted by molar-refractivity contribution is 0.443. The summed E-state index contributed by atoms with van der Waals surface area (Å²) in [5.74, 6) is 1.01. The number of aryl methyl sites for hydroxylation is 1. The third kappa shape index (κ3) is 3.25. The molecule has 1 unspecified atom stereocenters. The van der Waals surface area contributed by atoms with Crippen LogP contribution in [0.4, 0.5) is 5.82 Å². The Morgan fingerprint density at radius 1 is 0.861 bits per heavy atom. The fraction of sp³-hybridized carbons (Fsp3) is 0.156. The van der Waals surface area contributed by atoms with Gasteiger partial charge in [-0.2, -0.15) is 0 Å². The van der Waals surface area contributed by atoms with Gasteiger partial charge >= 0.3 is 0 Å². The van der Waals surface area contributed by atoms with Gasteiger partial charge < -0.3 is 9.88 Å². The van der Waals surface area contributed by atoms with Gasteiger partial charge in [0.15, 0.2) is 0 Å². The average molecular weight is 469 g/mol. The first kappa shape index (κ1) is 21.0. The number of hydrogen-bond donors (Lipinski definition) is 1. The van der Waals surface area contributed by atoms with E-state index in [1.807, 2.05) is 18.2 Å². The van der Waals surface area contributed by atoms with Gasteiger partial charge in [0.2, 0.25) is 0 Å². The minimum absolute atomic E-state index is 0.608. The smallest absolute Gasteiger partial charge is 0.139 e. The monoisotopic (exact) mass is 468 g/mol. The van der Waals surface area contributed by atoms with Crippen LogP contribution in [-0.4, -0.2) is 14.0 Å². The van der Waals surface area contributed by atoms with Crippen LogP contribution < -0.4 is 5.32 Å². The zero-order valence-electron chi connectivity index (χ0n) is 20.6. The average Bonchev–Trinajstić information content (AvgIpc) is 3.39. The number of fused-ring (bicyclic) bond motifs is 4. The lowest BCUT2D eigenvalue weighted by Gasteiger charge is -2.28. The Hall–Kier alpha value is -4.31. The normalized spacial score (nSPS) is 14.7. The van der Waals surface area contributed by atoms with Crippen molar-refractivity contribution < 1.29 is 0 Å². The number of nitrogens with one attached hydrogen (secondary N) is 1. The molecule has 0 bridgehead atoms. The largest absolute Gasteiger partial charge is 0.365 e. The quantitative estimate of drug-likeness (QED) is 0.282. The fourth-order valence-electron chi connectivity index (χ4n) is 5.69. The molecule has 0 radical (unpaired) electrons. The van der Waals surface area contributed by atoms with Gasteiger partial charge in [-0.25, -0.2) is 4.98 Å². The van der Waals surface area contributed by atoms with E-state index in [1.165, 1.54) is 45.3 Å². The van der Waals surface area contributed by atoms with Crippen LogP contribution in [0.2, 0.25) is 0 Å². The van der Waals surface area contributed by atoms with Gasteiger partial charge in [-0.1, -0.05) is 66.7 Å². The maximum Gasteiger partial charge on any atom is 0.139 e. The Bertz CT molecular complexity index is 1720. The molecule has 4 nitrogen and oxygen atoms in total. The summed E-state index contributed by atoms with van der Waals surface area (Å²) < 4.78 is 4.62. The molecule has 0 saturated carbocycles. The third-order valence-corrected chi connectivity index (χ3v) is 7.64. The second-order valence-electron chi connectivity index (χ2n) is 9.88. The van der Waals surface area contributed by atoms with E-state index in [2.05, 4.69) is 107 Å². The van der Waals surface area contributed by atoms with Crippen molar-refractivity contribution in [2.24, 2.45) is 0 Å². The highest BCUT2D eigenvalue weighted by molar-refractivity contribution is 5.91. The topological polar surface area (TPSA) is 34.3 Å². The van der Waals surface area contributed by atoms with E-state index in [0.29, 0.717) is 6.04 Å². The van der Waals surface area contributed by atoms with Crippen molar-refractivity contribution in [1.82, 2.24) is 14.0 Å². The van der Waals surface area contributed by atoms with E-state index in [1.54, 1.807) is 0 Å². The first-order valence-electron chi connectivity index (χ1n) is 12.7. The first-order valence-corrected chi connectivity index (χ1v) is 12.7. The predicted octanol–water partition coefficient (Wildman–Crippen LogP) is 7.66. The molecule has 1 aliphatic heterocycles. The molecule has 4 heteroatoms. The maximum absolute atomic E-state index is 4.97. The van der Waals surface area contributed by atoms with Crippen LogP contribution in [0.25, 0.3) is 38.9 Å². The number of pyridine rings is 1. The molecule has 176 valence electrons. The first-order chi connectivity index (χ1) is 17.7. The van der Waals surface area contributed by atoms with Crippen molar-refractivity contribution in [3.8, 4) is 22.4 Å². The molecule has 0 amide bonds. The lowest BCUT2D eigenvalue weighted by atomic mass is 10.00. The zero-order valence-corrected chi connectivity index (χ0v) is 20.6. The van der Waals surface area contributed by atoms with Crippen LogP contribution >= 0.6 is 0 Å². The zero-order chi connectivity index (χ0) is 24.2. The highest BCUT2D eigenvalue weighted by atomic mass is 15.1. The molecular formula is C32H28N4. The van der Waals surface area contributed by atoms with E-state index < -0.39 is 0 Å². The van der Waals surface area contributed by atoms with Crippen molar-refractivity contribution in [3.63, 3.8) is 0 Å². The third-order valence-electron chi connectivity index (χ3n) is 7.64. The van der Waals surface area contributed by atoms with Gasteiger partial charge in [-0.15, -0.1) is 0 Å². The summed E-state index contributed by atoms with van der Waals surface area (Å²) in [6.07, 6.45) is 3.25. The highest BCUT2D eigenvalue weighted by Crippen LogP contribution is 2.40. The van der Waals surface area contributed by atoms with Gasteiger partial charge in [0.25, 0.3) is 0 Å². The van der Waals surface area contributed by atoms with Crippen LogP contribution in [0.3, 0.4) is 0 Å². The number of aromatic nitrogens is 3. The summed E-state index contributed by atoms with van der Waals surface area (Å²) in [7, 11) is 0. The number of imidazole rings is 1. The van der Waals surface area contributed by atoms with Gasteiger partial charge in [-0.05, 0) is 60.4 Å². The molecule has 0 spiro atoms. The molecule has 4 heterocycles. The number of benzene rings is 3. The standard InChI is InChI=1S/C32H28N4/c1-21-18-29-22(2)27-19-26(15-16-28(27)36(21)29)24-11-13-25(14-12-24)31-32(33-20-23-8-4-3-5-9-23)35-17-7-6-10-30(35)34-31/h3-17,19,21,33H,18,20H2,1-2H3. The van der Waals surface area contributed by atoms with Crippen molar-refractivity contribution in [3.05, 3.63) is 114 Å². The Balaban J connectivity index is 1.24. The molecular weight excluding hydrogens is 440 g/mol. The molecule has 3 aromatic heterocycles. The van der Waals surface area contributed by atoms with Crippen LogP contribution in [0.15, 0.2) is 97.2 Å². The SMILES string of the molecule is Cc1c2n(c3ccc(-c4ccc(-c5nc6ccccn6c5NCc5ccccc5)cc4)cc13)C(C)C2. The minimum Gasteiger partial charge on any atom is -0.365 e. The Labute approximate surface area is 210 Å². The number of hydrogen-bond acceptors (Lipinski definition) is 2. The summed E-state index contributed by atoms with van der Waals surface area (Å²) in [4.78, 5) is 4.97. The molecule has 36 heavy (non-hydrogen) atoms. The fourth-order valence-corrected chi connectivity index (χ4v) is 5.69. The summed E-state index contributed by atoms with van der Waals surface area (Å²) in [5.41, 5.74) is 11.0. The molecule has 7 rings (SSSR count). The lowest BCUT2D eigenvalue weighted by Crippen LogP contribution is -2.22. The number of anilines is 1. The van der Waals surface area contributed by atoms with Crippen molar-refractivity contribution >= 4 is 22.4 Å². The maximum atomic E-state index is 4.97. The van der Waals surface area contributed by atoms with Crippen molar-refractivity contribution in [2.75, 3.05) is 5.32 Å². The second kappa shape index (κ2) is 8.13. The van der Waals surface area contributed by atoms with E-state index in [-0.39, 0.29) is 0 Å². The molecule has 3 aromatic carbocycles. The molecule has 6 aromatic rings. The summed E-state index contributed by atoms with van der Waals surface area (Å²) >= 11 is 0. The van der Waals surface area contributed by atoms with Crippen LogP contribution in [-0.2, 0) is 13.0 Å². The van der Waals surface area contributed by atoms with Crippen LogP contribution in [0.5, 0.6) is 0 Å². The Morgan fingerprint density at radius 3 is 2.42 bits per heavy atom. The summed E-state index contributed by atoms with van der Waals surface area (Å²) in [5, 5.41) is 5.02. The molecule has 0 fully saturated rings. The van der Waals surface area contributed by atoms with Crippen molar-refractivity contribution in [2.45, 2.75) is 32.9 Å². The van der Waals surface area contributed by atoms with E-state index in [0.717, 1.165) is 29.3 Å². The minimum atomic E-state index is 0.608. The summed E-state index contributed by atoms with van der Waals surface area (Å²) in [6, 6.07) is 32.9. The van der Waals surface area contributed by atoms with E-state index >= 15 is 0 Å². The van der Waals surface area contributed by atoms with E-state index in [4.69, 9.17) is 4.98 Å².